The number of amides is 1. The Labute approximate surface area is 147 Å². The third-order valence-electron chi connectivity index (χ3n) is 4.73. The van der Waals surface area contributed by atoms with Crippen molar-refractivity contribution < 1.29 is 4.79 Å². The van der Waals surface area contributed by atoms with Gasteiger partial charge in [-0.1, -0.05) is 18.2 Å². The van der Waals surface area contributed by atoms with Crippen LogP contribution in [0.2, 0.25) is 0 Å². The molecule has 23 heavy (non-hydrogen) atoms. The minimum Gasteiger partial charge on any atom is -0.311 e. The molecule has 1 unspecified atom stereocenters. The van der Waals surface area contributed by atoms with E-state index in [1.807, 2.05) is 17.0 Å². The molecule has 1 amide bonds. The molecule has 5 heteroatoms. The second-order valence-electron chi connectivity index (χ2n) is 6.04. The second-order valence-corrected chi connectivity index (χ2v) is 7.04. The standard InChI is InChI=1S/C18H20N2OS.ClH/c21-18(15-5-3-7-17-14(15)8-11-22-17)20-10-9-19-12-13-4-1-2-6-16(13)20;/h1-2,4,6,8,11,15,19H,3,5,7,9-10,12H2;1H. The van der Waals surface area contributed by atoms with E-state index in [1.54, 1.807) is 11.3 Å². The quantitative estimate of drug-likeness (QED) is 0.851. The summed E-state index contributed by atoms with van der Waals surface area (Å²) in [6, 6.07) is 10.4. The lowest BCUT2D eigenvalue weighted by Gasteiger charge is -2.29. The monoisotopic (exact) mass is 348 g/mol. The lowest BCUT2D eigenvalue weighted by Crippen LogP contribution is -2.39. The molecule has 1 atom stereocenters. The van der Waals surface area contributed by atoms with Gasteiger partial charge in [-0.15, -0.1) is 23.7 Å². The first-order valence-corrected chi connectivity index (χ1v) is 8.89. The molecule has 2 aliphatic rings. The van der Waals surface area contributed by atoms with Gasteiger partial charge in [-0.05, 0) is 47.9 Å². The molecular weight excluding hydrogens is 328 g/mol. The van der Waals surface area contributed by atoms with Crippen molar-refractivity contribution in [3.8, 4) is 0 Å². The maximum atomic E-state index is 13.2. The average molecular weight is 349 g/mol. The van der Waals surface area contributed by atoms with Crippen LogP contribution in [0.15, 0.2) is 35.7 Å². The van der Waals surface area contributed by atoms with Crippen LogP contribution in [-0.4, -0.2) is 19.0 Å². The molecule has 1 aliphatic carbocycles. The summed E-state index contributed by atoms with van der Waals surface area (Å²) in [7, 11) is 0. The summed E-state index contributed by atoms with van der Waals surface area (Å²) in [6.45, 7) is 2.45. The Morgan fingerprint density at radius 1 is 1.26 bits per heavy atom. The second kappa shape index (κ2) is 7.04. The number of rotatable bonds is 1. The Kier molecular flexibility index (Phi) is 5.05. The molecule has 4 rings (SSSR count). The van der Waals surface area contributed by atoms with E-state index in [-0.39, 0.29) is 24.2 Å². The van der Waals surface area contributed by atoms with Crippen molar-refractivity contribution in [2.24, 2.45) is 0 Å². The average Bonchev–Trinajstić information content (AvgIpc) is 2.93. The van der Waals surface area contributed by atoms with Gasteiger partial charge in [0.1, 0.15) is 0 Å². The number of nitrogens with one attached hydrogen (secondary N) is 1. The molecule has 0 radical (unpaired) electrons. The van der Waals surface area contributed by atoms with Gasteiger partial charge in [-0.3, -0.25) is 4.79 Å². The maximum Gasteiger partial charge on any atom is 0.234 e. The summed E-state index contributed by atoms with van der Waals surface area (Å²) < 4.78 is 0. The zero-order chi connectivity index (χ0) is 14.9. The van der Waals surface area contributed by atoms with Crippen LogP contribution in [0.3, 0.4) is 0 Å². The van der Waals surface area contributed by atoms with Gasteiger partial charge < -0.3 is 10.2 Å². The van der Waals surface area contributed by atoms with Crippen LogP contribution in [0, 0.1) is 0 Å². The minimum absolute atomic E-state index is 0. The molecule has 1 aromatic carbocycles. The van der Waals surface area contributed by atoms with Crippen LogP contribution in [0.5, 0.6) is 0 Å². The van der Waals surface area contributed by atoms with Gasteiger partial charge in [0.2, 0.25) is 5.91 Å². The number of nitrogens with zero attached hydrogens (tertiary/aromatic N) is 1. The molecule has 0 fully saturated rings. The molecule has 1 aromatic heterocycles. The Morgan fingerprint density at radius 2 is 2.13 bits per heavy atom. The zero-order valence-corrected chi connectivity index (χ0v) is 14.6. The normalized spacial score (nSPS) is 20.0. The largest absolute Gasteiger partial charge is 0.311 e. The van der Waals surface area contributed by atoms with Gasteiger partial charge in [0.15, 0.2) is 0 Å². The molecule has 1 aliphatic heterocycles. The Morgan fingerprint density at radius 3 is 3.04 bits per heavy atom. The first-order chi connectivity index (χ1) is 10.8. The number of carbonyl (C=O) groups is 1. The highest BCUT2D eigenvalue weighted by atomic mass is 35.5. The van der Waals surface area contributed by atoms with Crippen LogP contribution in [0.25, 0.3) is 0 Å². The van der Waals surface area contributed by atoms with Gasteiger partial charge in [-0.25, -0.2) is 0 Å². The van der Waals surface area contributed by atoms with Gasteiger partial charge >= 0.3 is 0 Å². The highest BCUT2D eigenvalue weighted by molar-refractivity contribution is 7.10. The zero-order valence-electron chi connectivity index (χ0n) is 13.0. The van der Waals surface area contributed by atoms with Crippen molar-refractivity contribution in [1.29, 1.82) is 0 Å². The highest BCUT2D eigenvalue weighted by Gasteiger charge is 2.32. The van der Waals surface area contributed by atoms with Crippen molar-refractivity contribution in [2.75, 3.05) is 18.0 Å². The highest BCUT2D eigenvalue weighted by Crippen LogP contribution is 2.37. The van der Waals surface area contributed by atoms with Crippen molar-refractivity contribution >= 4 is 35.3 Å². The molecule has 3 nitrogen and oxygen atoms in total. The summed E-state index contributed by atoms with van der Waals surface area (Å²) in [5.41, 5.74) is 3.57. The fourth-order valence-corrected chi connectivity index (χ4v) is 4.61. The van der Waals surface area contributed by atoms with Crippen molar-refractivity contribution in [2.45, 2.75) is 31.7 Å². The summed E-state index contributed by atoms with van der Waals surface area (Å²) >= 11 is 1.80. The number of halogens is 1. The minimum atomic E-state index is 0. The predicted molar refractivity (Wildman–Crippen MR) is 97.7 cm³/mol. The van der Waals surface area contributed by atoms with Crippen LogP contribution in [0.4, 0.5) is 5.69 Å². The molecule has 122 valence electrons. The van der Waals surface area contributed by atoms with Crippen LogP contribution in [0.1, 0.15) is 34.8 Å². The Bertz CT molecular complexity index is 700. The summed E-state index contributed by atoms with van der Waals surface area (Å²) in [6.07, 6.45) is 3.24. The lowest BCUT2D eigenvalue weighted by molar-refractivity contribution is -0.120. The van der Waals surface area contributed by atoms with Gasteiger partial charge in [-0.2, -0.15) is 0 Å². The van der Waals surface area contributed by atoms with E-state index in [0.717, 1.165) is 44.6 Å². The fourth-order valence-electron chi connectivity index (χ4n) is 3.62. The van der Waals surface area contributed by atoms with Gasteiger partial charge in [0.25, 0.3) is 0 Å². The number of para-hydroxylation sites is 1. The molecule has 2 heterocycles. The number of thiophene rings is 1. The number of hydrogen-bond donors (Lipinski definition) is 1. The Hall–Kier alpha value is -1.36. The van der Waals surface area contributed by atoms with E-state index >= 15 is 0 Å². The summed E-state index contributed by atoms with van der Waals surface area (Å²) in [4.78, 5) is 16.6. The van der Waals surface area contributed by atoms with Gasteiger partial charge in [0, 0.05) is 30.2 Å². The molecule has 0 bridgehead atoms. The third kappa shape index (κ3) is 3.03. The smallest absolute Gasteiger partial charge is 0.234 e. The van der Waals surface area contributed by atoms with Crippen molar-refractivity contribution in [1.82, 2.24) is 5.32 Å². The number of anilines is 1. The molecule has 0 saturated carbocycles. The first kappa shape index (κ1) is 16.5. The Balaban J connectivity index is 0.00000156. The van der Waals surface area contributed by atoms with E-state index < -0.39 is 0 Å². The number of aryl methyl sites for hydroxylation is 1. The SMILES string of the molecule is Cl.O=C(C1CCCc2sccc21)N1CCNCc2ccccc21. The summed E-state index contributed by atoms with van der Waals surface area (Å²) in [5.74, 6) is 0.316. The van der Waals surface area contributed by atoms with E-state index in [9.17, 15) is 4.79 Å². The maximum absolute atomic E-state index is 13.2. The van der Waals surface area contributed by atoms with E-state index in [0.29, 0.717) is 0 Å². The fraction of sp³-hybridized carbons (Fsp3) is 0.389. The number of hydrogen-bond acceptors (Lipinski definition) is 3. The lowest BCUT2D eigenvalue weighted by atomic mass is 9.86. The number of fused-ring (bicyclic) bond motifs is 2. The molecule has 0 spiro atoms. The van der Waals surface area contributed by atoms with Gasteiger partial charge in [0.05, 0.1) is 5.92 Å². The third-order valence-corrected chi connectivity index (χ3v) is 5.72. The number of benzene rings is 1. The van der Waals surface area contributed by atoms with Crippen LogP contribution >= 0.6 is 23.7 Å². The first-order valence-electron chi connectivity index (χ1n) is 8.01. The van der Waals surface area contributed by atoms with E-state index in [2.05, 4.69) is 28.9 Å². The van der Waals surface area contributed by atoms with E-state index in [1.165, 1.54) is 16.0 Å². The molecular formula is C18H21ClN2OS. The number of carbonyl (C=O) groups excluding carboxylic acids is 1. The summed E-state index contributed by atoms with van der Waals surface area (Å²) in [5, 5.41) is 5.55. The molecule has 1 N–H and O–H groups in total. The predicted octanol–water partition coefficient (Wildman–Crippen LogP) is 3.73. The molecule has 2 aromatic rings. The molecule has 0 saturated heterocycles. The van der Waals surface area contributed by atoms with Crippen LogP contribution in [-0.2, 0) is 17.8 Å². The van der Waals surface area contributed by atoms with Crippen molar-refractivity contribution in [3.63, 3.8) is 0 Å². The van der Waals surface area contributed by atoms with E-state index in [4.69, 9.17) is 0 Å². The van der Waals surface area contributed by atoms with Crippen molar-refractivity contribution in [3.05, 3.63) is 51.7 Å². The topological polar surface area (TPSA) is 32.3 Å². The van der Waals surface area contributed by atoms with Crippen LogP contribution < -0.4 is 10.2 Å².